The first kappa shape index (κ1) is 12.7. The second-order valence-electron chi connectivity index (χ2n) is 4.11. The maximum atomic E-state index is 6.21. The minimum atomic E-state index is 0.111. The summed E-state index contributed by atoms with van der Waals surface area (Å²) in [6.07, 6.45) is 0. The Hall–Kier alpha value is -0.770. The first-order valence-electron chi connectivity index (χ1n) is 5.53. The molecule has 0 aliphatic heterocycles. The molecule has 0 aromatic carbocycles. The van der Waals surface area contributed by atoms with E-state index in [0.29, 0.717) is 0 Å². The number of furan rings is 1. The fourth-order valence-electron chi connectivity index (χ4n) is 2.15. The second kappa shape index (κ2) is 4.84. The van der Waals surface area contributed by atoms with Crippen LogP contribution in [0.2, 0.25) is 5.02 Å². The van der Waals surface area contributed by atoms with Crippen LogP contribution < -0.4 is 5.32 Å². The van der Waals surface area contributed by atoms with Gasteiger partial charge in [-0.2, -0.15) is 0 Å². The molecule has 0 amide bonds. The summed E-state index contributed by atoms with van der Waals surface area (Å²) in [6, 6.07) is 2.05. The van der Waals surface area contributed by atoms with Crippen molar-refractivity contribution in [3.05, 3.63) is 44.0 Å². The third-order valence-electron chi connectivity index (χ3n) is 3.10. The number of hydrogen-bond acceptors (Lipinski definition) is 3. The molecule has 0 fully saturated rings. The molecule has 0 spiro atoms. The van der Waals surface area contributed by atoms with Gasteiger partial charge in [-0.15, -0.1) is 11.3 Å². The van der Waals surface area contributed by atoms with Crippen LogP contribution in [0, 0.1) is 20.8 Å². The largest absolute Gasteiger partial charge is 0.466 e. The molecular formula is C13H16ClNOS. The Balaban J connectivity index is 2.53. The van der Waals surface area contributed by atoms with Gasteiger partial charge in [0.05, 0.1) is 11.1 Å². The molecule has 0 radical (unpaired) electrons. The normalized spacial score (nSPS) is 13.0. The molecule has 2 rings (SSSR count). The average Bonchev–Trinajstić information content (AvgIpc) is 2.79. The van der Waals surface area contributed by atoms with E-state index in [9.17, 15) is 0 Å². The smallest absolute Gasteiger partial charge is 0.106 e. The van der Waals surface area contributed by atoms with E-state index < -0.39 is 0 Å². The Morgan fingerprint density at radius 3 is 2.41 bits per heavy atom. The number of thiophene rings is 1. The Bertz CT molecular complexity index is 530. The molecule has 0 aliphatic rings. The SMILES string of the molecule is CNC(c1sccc1Cl)c1c(C)oc(C)c1C. The minimum absolute atomic E-state index is 0.111. The zero-order chi connectivity index (χ0) is 12.6. The first-order chi connectivity index (χ1) is 8.06. The summed E-state index contributed by atoms with van der Waals surface area (Å²) < 4.78 is 5.69. The topological polar surface area (TPSA) is 25.2 Å². The van der Waals surface area contributed by atoms with Gasteiger partial charge in [0.15, 0.2) is 0 Å². The molecule has 2 aromatic heterocycles. The van der Waals surface area contributed by atoms with E-state index in [1.54, 1.807) is 11.3 Å². The van der Waals surface area contributed by atoms with Crippen LogP contribution in [0.25, 0.3) is 0 Å². The summed E-state index contributed by atoms with van der Waals surface area (Å²) in [5.41, 5.74) is 2.40. The first-order valence-corrected chi connectivity index (χ1v) is 6.78. The third kappa shape index (κ3) is 2.15. The van der Waals surface area contributed by atoms with Crippen LogP contribution in [-0.2, 0) is 0 Å². The second-order valence-corrected chi connectivity index (χ2v) is 5.46. The number of hydrogen-bond donors (Lipinski definition) is 1. The Labute approximate surface area is 111 Å². The number of nitrogens with one attached hydrogen (secondary N) is 1. The maximum absolute atomic E-state index is 6.21. The summed E-state index contributed by atoms with van der Waals surface area (Å²) in [5, 5.41) is 6.15. The lowest BCUT2D eigenvalue weighted by Gasteiger charge is -2.16. The van der Waals surface area contributed by atoms with E-state index >= 15 is 0 Å². The zero-order valence-electron chi connectivity index (χ0n) is 10.4. The minimum Gasteiger partial charge on any atom is -0.466 e. The van der Waals surface area contributed by atoms with E-state index in [0.717, 1.165) is 21.4 Å². The quantitative estimate of drug-likeness (QED) is 0.902. The molecule has 4 heteroatoms. The predicted molar refractivity (Wildman–Crippen MR) is 73.2 cm³/mol. The van der Waals surface area contributed by atoms with Crippen LogP contribution >= 0.6 is 22.9 Å². The summed E-state index contributed by atoms with van der Waals surface area (Å²) in [7, 11) is 1.95. The predicted octanol–water partition coefficient (Wildman–Crippen LogP) is 4.23. The van der Waals surface area contributed by atoms with Crippen LogP contribution in [0.15, 0.2) is 15.9 Å². The van der Waals surface area contributed by atoms with Crippen LogP contribution in [0.3, 0.4) is 0 Å². The van der Waals surface area contributed by atoms with Gasteiger partial charge >= 0.3 is 0 Å². The Morgan fingerprint density at radius 2 is 2.00 bits per heavy atom. The van der Waals surface area contributed by atoms with Gasteiger partial charge in [-0.05, 0) is 44.8 Å². The summed E-state index contributed by atoms with van der Waals surface area (Å²) in [5.74, 6) is 1.94. The maximum Gasteiger partial charge on any atom is 0.106 e. The highest BCUT2D eigenvalue weighted by Crippen LogP contribution is 2.37. The van der Waals surface area contributed by atoms with Crippen molar-refractivity contribution in [2.45, 2.75) is 26.8 Å². The molecule has 0 bridgehead atoms. The van der Waals surface area contributed by atoms with Gasteiger partial charge in [-0.1, -0.05) is 11.6 Å². The molecule has 0 aliphatic carbocycles. The molecule has 1 unspecified atom stereocenters. The lowest BCUT2D eigenvalue weighted by atomic mass is 10.0. The fraction of sp³-hybridized carbons (Fsp3) is 0.385. The van der Waals surface area contributed by atoms with Gasteiger partial charge in [0.2, 0.25) is 0 Å². The number of halogens is 1. The molecule has 92 valence electrons. The monoisotopic (exact) mass is 269 g/mol. The molecule has 1 N–H and O–H groups in total. The van der Waals surface area contributed by atoms with E-state index in [4.69, 9.17) is 16.0 Å². The fourth-order valence-corrected chi connectivity index (χ4v) is 3.44. The highest BCUT2D eigenvalue weighted by atomic mass is 35.5. The van der Waals surface area contributed by atoms with Crippen molar-refractivity contribution in [3.63, 3.8) is 0 Å². The van der Waals surface area contributed by atoms with E-state index in [1.165, 1.54) is 11.1 Å². The number of aryl methyl sites for hydroxylation is 2. The van der Waals surface area contributed by atoms with Gasteiger partial charge in [0.1, 0.15) is 11.5 Å². The molecule has 17 heavy (non-hydrogen) atoms. The average molecular weight is 270 g/mol. The van der Waals surface area contributed by atoms with Crippen molar-refractivity contribution in [2.75, 3.05) is 7.05 Å². The molecule has 1 atom stereocenters. The van der Waals surface area contributed by atoms with Gasteiger partial charge in [-0.25, -0.2) is 0 Å². The van der Waals surface area contributed by atoms with Crippen molar-refractivity contribution in [2.24, 2.45) is 0 Å². The molecular weight excluding hydrogens is 254 g/mol. The summed E-state index contributed by atoms with van der Waals surface area (Å²) in [4.78, 5) is 1.14. The van der Waals surface area contributed by atoms with Crippen molar-refractivity contribution in [3.8, 4) is 0 Å². The van der Waals surface area contributed by atoms with E-state index in [2.05, 4.69) is 12.2 Å². The van der Waals surface area contributed by atoms with Gasteiger partial charge in [-0.3, -0.25) is 0 Å². The lowest BCUT2D eigenvalue weighted by Crippen LogP contribution is -2.18. The van der Waals surface area contributed by atoms with Crippen molar-refractivity contribution in [1.29, 1.82) is 0 Å². The van der Waals surface area contributed by atoms with Crippen LogP contribution in [0.1, 0.15) is 33.6 Å². The molecule has 0 saturated heterocycles. The molecule has 2 nitrogen and oxygen atoms in total. The van der Waals surface area contributed by atoms with Crippen molar-refractivity contribution < 1.29 is 4.42 Å². The highest BCUT2D eigenvalue weighted by Gasteiger charge is 2.23. The Morgan fingerprint density at radius 1 is 1.29 bits per heavy atom. The molecule has 2 heterocycles. The summed E-state index contributed by atoms with van der Waals surface area (Å²) in [6.45, 7) is 6.09. The summed E-state index contributed by atoms with van der Waals surface area (Å²) >= 11 is 7.88. The molecule has 0 saturated carbocycles. The van der Waals surface area contributed by atoms with Crippen molar-refractivity contribution >= 4 is 22.9 Å². The number of rotatable bonds is 3. The Kier molecular flexibility index (Phi) is 3.61. The van der Waals surface area contributed by atoms with Crippen LogP contribution in [-0.4, -0.2) is 7.05 Å². The third-order valence-corrected chi connectivity index (χ3v) is 4.53. The van der Waals surface area contributed by atoms with Gasteiger partial charge < -0.3 is 9.73 Å². The van der Waals surface area contributed by atoms with Crippen LogP contribution in [0.5, 0.6) is 0 Å². The van der Waals surface area contributed by atoms with Gasteiger partial charge in [0.25, 0.3) is 0 Å². The van der Waals surface area contributed by atoms with Crippen LogP contribution in [0.4, 0.5) is 0 Å². The van der Waals surface area contributed by atoms with E-state index in [1.807, 2.05) is 32.3 Å². The van der Waals surface area contributed by atoms with Gasteiger partial charge in [0, 0.05) is 10.4 Å². The standard InChI is InChI=1S/C13H16ClNOS/c1-7-8(2)16-9(3)11(7)12(15-4)13-10(14)5-6-17-13/h5-6,12,15H,1-4H3. The van der Waals surface area contributed by atoms with E-state index in [-0.39, 0.29) is 6.04 Å². The highest BCUT2D eigenvalue weighted by molar-refractivity contribution is 7.10. The molecule has 2 aromatic rings. The lowest BCUT2D eigenvalue weighted by molar-refractivity contribution is 0.496. The van der Waals surface area contributed by atoms with Crippen molar-refractivity contribution in [1.82, 2.24) is 5.32 Å². The zero-order valence-corrected chi connectivity index (χ0v) is 12.0.